The van der Waals surface area contributed by atoms with Crippen LogP contribution >= 0.6 is 0 Å². The monoisotopic (exact) mass is 228 g/mol. The van der Waals surface area contributed by atoms with Gasteiger partial charge >= 0.3 is 0 Å². The summed E-state index contributed by atoms with van der Waals surface area (Å²) in [5.41, 5.74) is 0. The molecule has 16 heavy (non-hydrogen) atoms. The lowest BCUT2D eigenvalue weighted by Gasteiger charge is -2.26. The molecule has 2 rings (SSSR count). The van der Waals surface area contributed by atoms with Gasteiger partial charge in [-0.15, -0.1) is 0 Å². The Labute approximate surface area is 99.9 Å². The van der Waals surface area contributed by atoms with Gasteiger partial charge in [-0.2, -0.15) is 0 Å². The predicted molar refractivity (Wildman–Crippen MR) is 69.9 cm³/mol. The summed E-state index contributed by atoms with van der Waals surface area (Å²) >= 11 is 0. The summed E-state index contributed by atoms with van der Waals surface area (Å²) in [6.45, 7) is 13.2. The quantitative estimate of drug-likeness (QED) is 0.468. The van der Waals surface area contributed by atoms with Crippen molar-refractivity contribution >= 4 is 0 Å². The second kappa shape index (κ2) is 7.22. The molecule has 2 fully saturated rings. The molecule has 0 aromatic rings. The molecular weight excluding hydrogens is 200 g/mol. The number of nitrogens with one attached hydrogen (secondary N) is 4. The molecule has 2 aliphatic rings. The average molecular weight is 228 g/mol. The van der Waals surface area contributed by atoms with Crippen LogP contribution in [-0.4, -0.2) is 50.3 Å². The van der Waals surface area contributed by atoms with Crippen molar-refractivity contribution < 1.29 is 0 Å². The van der Waals surface area contributed by atoms with E-state index in [2.05, 4.69) is 49.0 Å². The fourth-order valence-corrected chi connectivity index (χ4v) is 2.24. The Morgan fingerprint density at radius 1 is 0.562 bits per heavy atom. The van der Waals surface area contributed by atoms with Crippen molar-refractivity contribution in [1.82, 2.24) is 21.3 Å². The van der Waals surface area contributed by atoms with E-state index >= 15 is 0 Å². The van der Waals surface area contributed by atoms with Crippen LogP contribution in [0.5, 0.6) is 0 Å². The summed E-state index contributed by atoms with van der Waals surface area (Å²) in [5.74, 6) is 0. The largest absolute Gasteiger partial charge is 0.314 e. The first-order valence-corrected chi connectivity index (χ1v) is 6.51. The van der Waals surface area contributed by atoms with Crippen molar-refractivity contribution in [3.05, 3.63) is 0 Å². The Morgan fingerprint density at radius 3 is 0.938 bits per heavy atom. The molecule has 2 saturated heterocycles. The fraction of sp³-hybridized carbons (Fsp3) is 1.00. The highest BCUT2D eigenvalue weighted by Crippen LogP contribution is 1.90. The van der Waals surface area contributed by atoms with E-state index in [1.54, 1.807) is 0 Å². The van der Waals surface area contributed by atoms with E-state index in [4.69, 9.17) is 0 Å². The Bertz CT molecular complexity index is 150. The lowest BCUT2D eigenvalue weighted by Crippen LogP contribution is -2.52. The molecule has 4 nitrogen and oxygen atoms in total. The SMILES string of the molecule is CC1CNCC(C)N1.CC1CNCC(C)N1. The summed E-state index contributed by atoms with van der Waals surface area (Å²) in [5, 5.41) is 13.5. The maximum atomic E-state index is 3.42. The van der Waals surface area contributed by atoms with Crippen LogP contribution in [0.4, 0.5) is 0 Å². The summed E-state index contributed by atoms with van der Waals surface area (Å²) in [7, 11) is 0. The molecule has 4 N–H and O–H groups in total. The summed E-state index contributed by atoms with van der Waals surface area (Å²) < 4.78 is 0. The van der Waals surface area contributed by atoms with E-state index in [-0.39, 0.29) is 0 Å². The molecule has 0 radical (unpaired) electrons. The van der Waals surface area contributed by atoms with Gasteiger partial charge in [0.2, 0.25) is 0 Å². The highest BCUT2D eigenvalue weighted by molar-refractivity contribution is 4.77. The minimum Gasteiger partial charge on any atom is -0.314 e. The number of hydrogen-bond acceptors (Lipinski definition) is 4. The van der Waals surface area contributed by atoms with Crippen LogP contribution in [0.15, 0.2) is 0 Å². The molecule has 96 valence electrons. The van der Waals surface area contributed by atoms with E-state index in [0.717, 1.165) is 26.2 Å². The van der Waals surface area contributed by atoms with E-state index in [1.165, 1.54) is 0 Å². The number of rotatable bonds is 0. The fourth-order valence-electron chi connectivity index (χ4n) is 2.24. The summed E-state index contributed by atoms with van der Waals surface area (Å²) in [6, 6.07) is 2.61. The van der Waals surface area contributed by atoms with Crippen molar-refractivity contribution in [2.24, 2.45) is 0 Å². The molecule has 0 aromatic heterocycles. The van der Waals surface area contributed by atoms with Crippen LogP contribution in [0.25, 0.3) is 0 Å². The van der Waals surface area contributed by atoms with Crippen LogP contribution in [0, 0.1) is 0 Å². The topological polar surface area (TPSA) is 48.1 Å². The predicted octanol–water partition coefficient (Wildman–Crippen LogP) is -0.0876. The Balaban J connectivity index is 0.000000160. The highest BCUT2D eigenvalue weighted by Gasteiger charge is 2.11. The molecule has 4 heteroatoms. The van der Waals surface area contributed by atoms with Crippen LogP contribution in [0.1, 0.15) is 27.7 Å². The van der Waals surface area contributed by atoms with Gasteiger partial charge in [-0.3, -0.25) is 0 Å². The normalized spacial score (nSPS) is 39.8. The third-order valence-corrected chi connectivity index (χ3v) is 2.94. The van der Waals surface area contributed by atoms with E-state index in [0.29, 0.717) is 24.2 Å². The first-order valence-electron chi connectivity index (χ1n) is 6.51. The zero-order chi connectivity index (χ0) is 12.0. The molecule has 0 amide bonds. The Hall–Kier alpha value is -0.160. The van der Waals surface area contributed by atoms with Gasteiger partial charge in [-0.25, -0.2) is 0 Å². The average Bonchev–Trinajstić information content (AvgIpc) is 2.17. The second-order valence-electron chi connectivity index (χ2n) is 5.25. The molecule has 2 aliphatic heterocycles. The van der Waals surface area contributed by atoms with E-state index < -0.39 is 0 Å². The zero-order valence-electron chi connectivity index (χ0n) is 11.1. The molecule has 0 aliphatic carbocycles. The summed E-state index contributed by atoms with van der Waals surface area (Å²) in [4.78, 5) is 0. The Morgan fingerprint density at radius 2 is 0.812 bits per heavy atom. The van der Waals surface area contributed by atoms with Crippen LogP contribution in [0.3, 0.4) is 0 Å². The van der Waals surface area contributed by atoms with Gasteiger partial charge < -0.3 is 21.3 Å². The van der Waals surface area contributed by atoms with Gasteiger partial charge in [0.1, 0.15) is 0 Å². The third-order valence-electron chi connectivity index (χ3n) is 2.94. The van der Waals surface area contributed by atoms with Crippen molar-refractivity contribution in [2.75, 3.05) is 26.2 Å². The first-order chi connectivity index (χ1) is 7.58. The van der Waals surface area contributed by atoms with Crippen LogP contribution in [-0.2, 0) is 0 Å². The van der Waals surface area contributed by atoms with Crippen LogP contribution in [0.2, 0.25) is 0 Å². The smallest absolute Gasteiger partial charge is 0.0167 e. The summed E-state index contributed by atoms with van der Waals surface area (Å²) in [6.07, 6.45) is 0. The third kappa shape index (κ3) is 5.80. The van der Waals surface area contributed by atoms with Gasteiger partial charge in [0, 0.05) is 50.3 Å². The molecule has 0 spiro atoms. The molecular formula is C12H28N4. The molecule has 0 saturated carbocycles. The molecule has 2 heterocycles. The standard InChI is InChI=1S/2C6H14N2/c2*1-5-3-7-4-6(2)8-5/h2*5-8H,3-4H2,1-2H3. The molecule has 0 bridgehead atoms. The van der Waals surface area contributed by atoms with Gasteiger partial charge in [-0.05, 0) is 27.7 Å². The lowest BCUT2D eigenvalue weighted by molar-refractivity contribution is 0.370. The van der Waals surface area contributed by atoms with Gasteiger partial charge in [0.15, 0.2) is 0 Å². The minimum atomic E-state index is 0.652. The maximum absolute atomic E-state index is 3.42. The van der Waals surface area contributed by atoms with Crippen molar-refractivity contribution in [3.63, 3.8) is 0 Å². The Kier molecular flexibility index (Phi) is 6.28. The second-order valence-corrected chi connectivity index (χ2v) is 5.25. The van der Waals surface area contributed by atoms with E-state index in [9.17, 15) is 0 Å². The van der Waals surface area contributed by atoms with Crippen molar-refractivity contribution in [2.45, 2.75) is 51.9 Å². The molecule has 0 aromatic carbocycles. The number of hydrogen-bond donors (Lipinski definition) is 4. The first kappa shape index (κ1) is 13.9. The van der Waals surface area contributed by atoms with Gasteiger partial charge in [0.25, 0.3) is 0 Å². The zero-order valence-corrected chi connectivity index (χ0v) is 11.1. The highest BCUT2D eigenvalue weighted by atomic mass is 15.1. The molecule has 4 unspecified atom stereocenters. The van der Waals surface area contributed by atoms with Crippen LogP contribution < -0.4 is 21.3 Å². The maximum Gasteiger partial charge on any atom is 0.0167 e. The van der Waals surface area contributed by atoms with Crippen molar-refractivity contribution in [1.29, 1.82) is 0 Å². The lowest BCUT2D eigenvalue weighted by atomic mass is 10.2. The van der Waals surface area contributed by atoms with Gasteiger partial charge in [0.05, 0.1) is 0 Å². The number of piperazine rings is 2. The van der Waals surface area contributed by atoms with Crippen molar-refractivity contribution in [3.8, 4) is 0 Å². The minimum absolute atomic E-state index is 0.652. The molecule has 4 atom stereocenters. The van der Waals surface area contributed by atoms with E-state index in [1.807, 2.05) is 0 Å². The van der Waals surface area contributed by atoms with Gasteiger partial charge in [-0.1, -0.05) is 0 Å².